The minimum atomic E-state index is -4.42. The number of hydrogen-bond donors (Lipinski definition) is 0. The maximum atomic E-state index is 13.1. The van der Waals surface area contributed by atoms with Crippen LogP contribution in [0, 0.1) is 0 Å². The maximum Gasteiger partial charge on any atom is 0.416 e. The number of carbonyl (C=O) groups excluding carboxylic acids is 1. The molecule has 0 fully saturated rings. The first-order chi connectivity index (χ1) is 11.3. The summed E-state index contributed by atoms with van der Waals surface area (Å²) < 4.78 is 39.2. The first kappa shape index (κ1) is 17.4. The smallest absolute Gasteiger partial charge is 0.311 e. The Morgan fingerprint density at radius 2 is 2.12 bits per heavy atom. The molecule has 0 aliphatic carbocycles. The van der Waals surface area contributed by atoms with Gasteiger partial charge < -0.3 is 4.90 Å². The van der Waals surface area contributed by atoms with Crippen LogP contribution < -0.4 is 4.90 Å². The van der Waals surface area contributed by atoms with E-state index in [1.165, 1.54) is 34.1 Å². The summed E-state index contributed by atoms with van der Waals surface area (Å²) in [5.74, 6) is -0.160. The van der Waals surface area contributed by atoms with Crippen LogP contribution in [0.2, 0.25) is 0 Å². The van der Waals surface area contributed by atoms with Crippen LogP contribution in [-0.4, -0.2) is 17.7 Å². The molecule has 0 saturated carbocycles. The van der Waals surface area contributed by atoms with Crippen LogP contribution in [0.1, 0.15) is 23.8 Å². The Kier molecular flexibility index (Phi) is 4.92. The first-order valence-electron chi connectivity index (χ1n) is 7.55. The molecule has 1 unspecified atom stereocenters. The van der Waals surface area contributed by atoms with Crippen molar-refractivity contribution in [2.75, 3.05) is 11.4 Å². The Balaban J connectivity index is 1.96. The van der Waals surface area contributed by atoms with Gasteiger partial charge in [-0.05, 0) is 36.1 Å². The largest absolute Gasteiger partial charge is 0.416 e. The van der Waals surface area contributed by atoms with Crippen LogP contribution >= 0.6 is 23.1 Å². The molecule has 1 aliphatic heterocycles. The van der Waals surface area contributed by atoms with Crippen molar-refractivity contribution in [1.82, 2.24) is 0 Å². The summed E-state index contributed by atoms with van der Waals surface area (Å²) in [4.78, 5) is 15.8. The van der Waals surface area contributed by atoms with E-state index in [4.69, 9.17) is 0 Å². The lowest BCUT2D eigenvalue weighted by atomic mass is 10.1. The fourth-order valence-corrected chi connectivity index (χ4v) is 4.42. The fourth-order valence-electron chi connectivity index (χ4n) is 2.63. The molecular formula is C17H16F3NOS2. The summed E-state index contributed by atoms with van der Waals surface area (Å²) in [5, 5.41) is 2.14. The maximum absolute atomic E-state index is 13.1. The minimum absolute atomic E-state index is 0.160. The van der Waals surface area contributed by atoms with Crippen molar-refractivity contribution in [3.8, 4) is 0 Å². The van der Waals surface area contributed by atoms with Crippen LogP contribution in [0.5, 0.6) is 0 Å². The number of nitrogens with zero attached hydrogens (tertiary/aromatic N) is 1. The molecule has 24 heavy (non-hydrogen) atoms. The first-order valence-corrected chi connectivity index (χ1v) is 9.31. The number of hydrogen-bond acceptors (Lipinski definition) is 3. The van der Waals surface area contributed by atoms with Crippen LogP contribution in [0.15, 0.2) is 40.6 Å². The van der Waals surface area contributed by atoms with E-state index in [-0.39, 0.29) is 17.6 Å². The summed E-state index contributed by atoms with van der Waals surface area (Å²) in [6, 6.07) is 7.41. The molecule has 0 N–H and O–H groups in total. The van der Waals surface area contributed by atoms with Crippen molar-refractivity contribution in [2.24, 2.45) is 0 Å². The average molecular weight is 371 g/mol. The van der Waals surface area contributed by atoms with Crippen LogP contribution in [-0.2, 0) is 17.4 Å². The minimum Gasteiger partial charge on any atom is -0.311 e. The lowest BCUT2D eigenvalue weighted by Crippen LogP contribution is -2.33. The molecule has 3 rings (SSSR count). The fraction of sp³-hybridized carbons (Fsp3) is 0.353. The third-order valence-electron chi connectivity index (χ3n) is 3.87. The van der Waals surface area contributed by atoms with Gasteiger partial charge in [0.05, 0.1) is 17.7 Å². The van der Waals surface area contributed by atoms with E-state index in [9.17, 15) is 18.0 Å². The van der Waals surface area contributed by atoms with E-state index in [2.05, 4.69) is 0 Å². The summed E-state index contributed by atoms with van der Waals surface area (Å²) in [6.45, 7) is 2.46. The van der Waals surface area contributed by atoms with Gasteiger partial charge in [0.1, 0.15) is 0 Å². The Bertz CT molecular complexity index is 728. The molecule has 1 aromatic heterocycles. The van der Waals surface area contributed by atoms with E-state index < -0.39 is 11.7 Å². The van der Waals surface area contributed by atoms with Gasteiger partial charge in [-0.1, -0.05) is 13.0 Å². The molecule has 1 atom stereocenters. The summed E-state index contributed by atoms with van der Waals surface area (Å²) in [7, 11) is 0. The molecule has 2 heterocycles. The van der Waals surface area contributed by atoms with Gasteiger partial charge in [-0.3, -0.25) is 4.79 Å². The summed E-state index contributed by atoms with van der Waals surface area (Å²) in [6.07, 6.45) is -3.45. The van der Waals surface area contributed by atoms with Gasteiger partial charge in [0.25, 0.3) is 0 Å². The Labute approximate surface area is 146 Å². The quantitative estimate of drug-likeness (QED) is 0.721. The standard InChI is InChI=1S/C17H16F3NOS2/c1-11-6-7-21(16(22)10-13-3-2-8-23-13)14-9-12(17(18,19)20)4-5-15(14)24-11/h2-5,8-9,11H,6-7,10H2,1H3. The van der Waals surface area contributed by atoms with Crippen molar-refractivity contribution in [1.29, 1.82) is 0 Å². The van der Waals surface area contributed by atoms with Gasteiger partial charge in [0.15, 0.2) is 0 Å². The van der Waals surface area contributed by atoms with Crippen LogP contribution in [0.3, 0.4) is 0 Å². The van der Waals surface area contributed by atoms with Gasteiger partial charge in [0, 0.05) is 21.6 Å². The molecule has 0 spiro atoms. The highest BCUT2D eigenvalue weighted by molar-refractivity contribution is 8.00. The molecule has 128 valence electrons. The molecule has 1 amide bonds. The Morgan fingerprint density at radius 3 is 2.79 bits per heavy atom. The number of thioether (sulfide) groups is 1. The second-order valence-corrected chi connectivity index (χ2v) is 8.21. The number of amides is 1. The number of anilines is 1. The summed E-state index contributed by atoms with van der Waals surface area (Å²) in [5.41, 5.74) is -0.342. The highest BCUT2D eigenvalue weighted by atomic mass is 32.2. The van der Waals surface area contributed by atoms with E-state index >= 15 is 0 Å². The number of alkyl halides is 3. The topological polar surface area (TPSA) is 20.3 Å². The number of fused-ring (bicyclic) bond motifs is 1. The van der Waals surface area contributed by atoms with Crippen molar-refractivity contribution in [2.45, 2.75) is 36.1 Å². The zero-order chi connectivity index (χ0) is 17.3. The third-order valence-corrected chi connectivity index (χ3v) is 5.98. The zero-order valence-electron chi connectivity index (χ0n) is 13.0. The van der Waals surface area contributed by atoms with Gasteiger partial charge in [-0.15, -0.1) is 23.1 Å². The molecule has 1 aromatic carbocycles. The predicted octanol–water partition coefficient (Wildman–Crippen LogP) is 5.23. The monoisotopic (exact) mass is 371 g/mol. The number of thiophene rings is 1. The normalized spacial score (nSPS) is 18.2. The SMILES string of the molecule is CC1CCN(C(=O)Cc2cccs2)c2cc(C(F)(F)F)ccc2S1. The molecule has 0 radical (unpaired) electrons. The molecule has 1 aliphatic rings. The van der Waals surface area contributed by atoms with Gasteiger partial charge >= 0.3 is 6.18 Å². The molecule has 2 aromatic rings. The van der Waals surface area contributed by atoms with E-state index in [0.29, 0.717) is 12.2 Å². The van der Waals surface area contributed by atoms with E-state index in [1.807, 2.05) is 24.4 Å². The van der Waals surface area contributed by atoms with E-state index in [0.717, 1.165) is 28.3 Å². The average Bonchev–Trinajstić information content (AvgIpc) is 2.94. The lowest BCUT2D eigenvalue weighted by Gasteiger charge is -2.23. The zero-order valence-corrected chi connectivity index (χ0v) is 14.6. The predicted molar refractivity (Wildman–Crippen MR) is 91.8 cm³/mol. The Hall–Kier alpha value is -1.47. The van der Waals surface area contributed by atoms with E-state index in [1.54, 1.807) is 0 Å². The van der Waals surface area contributed by atoms with Crippen molar-refractivity contribution < 1.29 is 18.0 Å². The number of halogens is 3. The second kappa shape index (κ2) is 6.80. The number of rotatable bonds is 2. The Morgan fingerprint density at radius 1 is 1.33 bits per heavy atom. The van der Waals surface area contributed by atoms with Gasteiger partial charge in [0.2, 0.25) is 5.91 Å². The summed E-state index contributed by atoms with van der Waals surface area (Å²) >= 11 is 3.00. The third kappa shape index (κ3) is 3.78. The van der Waals surface area contributed by atoms with Gasteiger partial charge in [-0.25, -0.2) is 0 Å². The molecular weight excluding hydrogens is 355 g/mol. The van der Waals surface area contributed by atoms with Crippen molar-refractivity contribution in [3.63, 3.8) is 0 Å². The van der Waals surface area contributed by atoms with Crippen LogP contribution in [0.4, 0.5) is 18.9 Å². The highest BCUT2D eigenvalue weighted by Gasteiger charge is 2.33. The second-order valence-electron chi connectivity index (χ2n) is 5.70. The molecule has 2 nitrogen and oxygen atoms in total. The molecule has 0 saturated heterocycles. The highest BCUT2D eigenvalue weighted by Crippen LogP contribution is 2.41. The number of carbonyl (C=O) groups is 1. The van der Waals surface area contributed by atoms with Crippen LogP contribution in [0.25, 0.3) is 0 Å². The lowest BCUT2D eigenvalue weighted by molar-refractivity contribution is -0.137. The van der Waals surface area contributed by atoms with Crippen molar-refractivity contribution in [3.05, 3.63) is 46.2 Å². The number of benzene rings is 1. The molecule has 0 bridgehead atoms. The van der Waals surface area contributed by atoms with Crippen molar-refractivity contribution >= 4 is 34.7 Å². The van der Waals surface area contributed by atoms with Gasteiger partial charge in [-0.2, -0.15) is 13.2 Å². The molecule has 7 heteroatoms.